The van der Waals surface area contributed by atoms with Crippen LogP contribution in [0.15, 0.2) is 34.8 Å². The van der Waals surface area contributed by atoms with E-state index in [1.165, 1.54) is 12.1 Å². The first kappa shape index (κ1) is 15.7. The molecule has 0 aliphatic rings. The van der Waals surface area contributed by atoms with E-state index in [1.807, 2.05) is 0 Å². The van der Waals surface area contributed by atoms with Crippen molar-refractivity contribution in [2.75, 3.05) is 0 Å². The Morgan fingerprint density at radius 1 is 1.15 bits per heavy atom. The van der Waals surface area contributed by atoms with Crippen LogP contribution in [0.1, 0.15) is 17.2 Å². The van der Waals surface area contributed by atoms with Gasteiger partial charge in [-0.3, -0.25) is 0 Å². The fraction of sp³-hybridized carbons (Fsp3) is 0.143. The number of benzene rings is 2. The second kappa shape index (κ2) is 6.39. The SMILES string of the molecule is NC(Cc1c(F)ccc(Br)c1F)c1ccc(Cl)cc1Cl. The van der Waals surface area contributed by atoms with Crippen molar-refractivity contribution in [1.82, 2.24) is 0 Å². The molecule has 0 fully saturated rings. The molecule has 0 heterocycles. The molecule has 0 aromatic heterocycles. The van der Waals surface area contributed by atoms with Gasteiger partial charge >= 0.3 is 0 Å². The molecule has 0 aliphatic heterocycles. The molecule has 0 aliphatic carbocycles. The van der Waals surface area contributed by atoms with Crippen molar-refractivity contribution in [1.29, 1.82) is 0 Å². The Morgan fingerprint density at radius 3 is 2.50 bits per heavy atom. The van der Waals surface area contributed by atoms with Gasteiger partial charge in [0.2, 0.25) is 0 Å². The zero-order chi connectivity index (χ0) is 14.9. The first-order valence-corrected chi connectivity index (χ1v) is 7.28. The highest BCUT2D eigenvalue weighted by Gasteiger charge is 2.18. The van der Waals surface area contributed by atoms with Gasteiger partial charge in [0, 0.05) is 21.7 Å². The van der Waals surface area contributed by atoms with Crippen molar-refractivity contribution in [3.8, 4) is 0 Å². The first-order chi connectivity index (χ1) is 9.40. The Balaban J connectivity index is 2.32. The van der Waals surface area contributed by atoms with Crippen LogP contribution in [0.25, 0.3) is 0 Å². The molecule has 6 heteroatoms. The van der Waals surface area contributed by atoms with Gasteiger partial charge in [0.15, 0.2) is 0 Å². The Morgan fingerprint density at radius 2 is 1.85 bits per heavy atom. The second-order valence-electron chi connectivity index (χ2n) is 4.30. The van der Waals surface area contributed by atoms with Crippen molar-refractivity contribution in [2.24, 2.45) is 5.73 Å². The van der Waals surface area contributed by atoms with Crippen LogP contribution in [0.2, 0.25) is 10.0 Å². The summed E-state index contributed by atoms with van der Waals surface area (Å²) in [4.78, 5) is 0. The van der Waals surface area contributed by atoms with Crippen molar-refractivity contribution in [3.05, 3.63) is 67.6 Å². The van der Waals surface area contributed by atoms with E-state index >= 15 is 0 Å². The van der Waals surface area contributed by atoms with E-state index in [0.29, 0.717) is 15.6 Å². The Bertz CT molecular complexity index is 649. The maximum absolute atomic E-state index is 13.9. The third-order valence-corrected chi connectivity index (χ3v) is 4.10. The molecule has 2 aromatic rings. The fourth-order valence-corrected chi connectivity index (χ4v) is 2.81. The lowest BCUT2D eigenvalue weighted by Crippen LogP contribution is -2.16. The van der Waals surface area contributed by atoms with Gasteiger partial charge in [-0.25, -0.2) is 8.78 Å². The van der Waals surface area contributed by atoms with E-state index in [9.17, 15) is 8.78 Å². The summed E-state index contributed by atoms with van der Waals surface area (Å²) >= 11 is 14.9. The minimum Gasteiger partial charge on any atom is -0.324 e. The molecule has 0 saturated carbocycles. The molecule has 2 rings (SSSR count). The molecule has 2 N–H and O–H groups in total. The zero-order valence-electron chi connectivity index (χ0n) is 10.1. The van der Waals surface area contributed by atoms with Crippen LogP contribution in [0.5, 0.6) is 0 Å². The lowest BCUT2D eigenvalue weighted by molar-refractivity contribution is 0.536. The van der Waals surface area contributed by atoms with Crippen LogP contribution in [-0.2, 0) is 6.42 Å². The molecule has 0 amide bonds. The molecule has 0 bridgehead atoms. The summed E-state index contributed by atoms with van der Waals surface area (Å²) in [5, 5.41) is 0.853. The van der Waals surface area contributed by atoms with Crippen LogP contribution in [0.3, 0.4) is 0 Å². The highest BCUT2D eigenvalue weighted by molar-refractivity contribution is 9.10. The van der Waals surface area contributed by atoms with Gasteiger partial charge in [0.05, 0.1) is 4.47 Å². The van der Waals surface area contributed by atoms with Crippen molar-refractivity contribution in [3.63, 3.8) is 0 Å². The Kier molecular flexibility index (Phi) is 5.02. The maximum atomic E-state index is 13.9. The summed E-state index contributed by atoms with van der Waals surface area (Å²) in [6.07, 6.45) is -0.00153. The minimum absolute atomic E-state index is 0.00153. The molecule has 0 saturated heterocycles. The molecule has 0 radical (unpaired) electrons. The zero-order valence-corrected chi connectivity index (χ0v) is 13.2. The van der Waals surface area contributed by atoms with Gasteiger partial charge in [-0.05, 0) is 52.2 Å². The highest BCUT2D eigenvalue weighted by atomic mass is 79.9. The van der Waals surface area contributed by atoms with Gasteiger partial charge in [-0.2, -0.15) is 0 Å². The summed E-state index contributed by atoms with van der Waals surface area (Å²) < 4.78 is 27.8. The molecule has 2 aromatic carbocycles. The van der Waals surface area contributed by atoms with E-state index in [1.54, 1.807) is 18.2 Å². The predicted octanol–water partition coefficient (Wildman–Crippen LogP) is 5.28. The van der Waals surface area contributed by atoms with Crippen LogP contribution in [-0.4, -0.2) is 0 Å². The number of halogens is 5. The van der Waals surface area contributed by atoms with E-state index < -0.39 is 17.7 Å². The predicted molar refractivity (Wildman–Crippen MR) is 81.2 cm³/mol. The number of nitrogens with two attached hydrogens (primary N) is 1. The van der Waals surface area contributed by atoms with E-state index in [2.05, 4.69) is 15.9 Å². The largest absolute Gasteiger partial charge is 0.324 e. The lowest BCUT2D eigenvalue weighted by Gasteiger charge is -2.15. The van der Waals surface area contributed by atoms with Crippen LogP contribution in [0, 0.1) is 11.6 Å². The quantitative estimate of drug-likeness (QED) is 0.720. The molecular weight excluding hydrogens is 371 g/mol. The van der Waals surface area contributed by atoms with Gasteiger partial charge in [0.1, 0.15) is 11.6 Å². The Hall–Kier alpha value is -0.680. The third kappa shape index (κ3) is 3.31. The number of rotatable bonds is 3. The molecule has 106 valence electrons. The lowest BCUT2D eigenvalue weighted by atomic mass is 9.99. The topological polar surface area (TPSA) is 26.0 Å². The smallest absolute Gasteiger partial charge is 0.143 e. The van der Waals surface area contributed by atoms with Crippen molar-refractivity contribution >= 4 is 39.1 Å². The van der Waals surface area contributed by atoms with Crippen molar-refractivity contribution in [2.45, 2.75) is 12.5 Å². The van der Waals surface area contributed by atoms with Crippen LogP contribution >= 0.6 is 39.1 Å². The monoisotopic (exact) mass is 379 g/mol. The number of hydrogen-bond donors (Lipinski definition) is 1. The average molecular weight is 381 g/mol. The fourth-order valence-electron chi connectivity index (χ4n) is 1.89. The molecule has 1 atom stereocenters. The summed E-state index contributed by atoms with van der Waals surface area (Å²) in [5.41, 5.74) is 6.51. The Labute approximate surface area is 133 Å². The van der Waals surface area contributed by atoms with Crippen LogP contribution < -0.4 is 5.73 Å². The molecule has 0 spiro atoms. The summed E-state index contributed by atoms with van der Waals surface area (Å²) in [7, 11) is 0. The van der Waals surface area contributed by atoms with Crippen LogP contribution in [0.4, 0.5) is 8.78 Å². The minimum atomic E-state index is -0.648. The standard InChI is InChI=1S/C14H10BrCl2F2N/c15-10-3-4-12(18)9(14(10)19)6-13(20)8-2-1-7(16)5-11(8)17/h1-5,13H,6,20H2. The van der Waals surface area contributed by atoms with Crippen molar-refractivity contribution < 1.29 is 8.78 Å². The maximum Gasteiger partial charge on any atom is 0.143 e. The molecule has 1 unspecified atom stereocenters. The number of hydrogen-bond acceptors (Lipinski definition) is 1. The second-order valence-corrected chi connectivity index (χ2v) is 6.00. The molecule has 20 heavy (non-hydrogen) atoms. The van der Waals surface area contributed by atoms with Gasteiger partial charge in [0.25, 0.3) is 0 Å². The third-order valence-electron chi connectivity index (χ3n) is 2.92. The summed E-state index contributed by atoms with van der Waals surface area (Å²) in [6.45, 7) is 0. The highest BCUT2D eigenvalue weighted by Crippen LogP contribution is 2.30. The van der Waals surface area contributed by atoms with E-state index in [4.69, 9.17) is 28.9 Å². The normalized spacial score (nSPS) is 12.5. The van der Waals surface area contributed by atoms with Gasteiger partial charge < -0.3 is 5.73 Å². The molecule has 1 nitrogen and oxygen atoms in total. The summed E-state index contributed by atoms with van der Waals surface area (Å²) in [5.74, 6) is -1.28. The summed E-state index contributed by atoms with van der Waals surface area (Å²) in [6, 6.07) is 6.72. The average Bonchev–Trinajstić information content (AvgIpc) is 2.39. The van der Waals surface area contributed by atoms with E-state index in [-0.39, 0.29) is 16.5 Å². The van der Waals surface area contributed by atoms with E-state index in [0.717, 1.165) is 0 Å². The van der Waals surface area contributed by atoms with Gasteiger partial charge in [-0.15, -0.1) is 0 Å². The first-order valence-electron chi connectivity index (χ1n) is 5.73. The molecular formula is C14H10BrCl2F2N. The van der Waals surface area contributed by atoms with Gasteiger partial charge in [-0.1, -0.05) is 29.3 Å².